The van der Waals surface area contributed by atoms with E-state index in [-0.39, 0.29) is 22.9 Å². The fourth-order valence-corrected chi connectivity index (χ4v) is 8.71. The van der Waals surface area contributed by atoms with Gasteiger partial charge in [-0.05, 0) is 105 Å². The molecule has 0 aromatic heterocycles. The Kier molecular flexibility index (Phi) is 11.0. The molecule has 4 fully saturated rings. The Morgan fingerprint density at radius 1 is 1.07 bits per heavy atom. The predicted octanol–water partition coefficient (Wildman–Crippen LogP) is 8.00. The van der Waals surface area contributed by atoms with Gasteiger partial charge in [0.1, 0.15) is 5.78 Å². The number of carbonyl (C=O) groups is 1. The van der Waals surface area contributed by atoms with Gasteiger partial charge in [-0.25, -0.2) is 0 Å². The molecule has 4 saturated carbocycles. The molecule has 40 heavy (non-hydrogen) atoms. The molecular formula is C36H58O4. The molecular weight excluding hydrogens is 496 g/mol. The summed E-state index contributed by atoms with van der Waals surface area (Å²) >= 11 is 0. The lowest BCUT2D eigenvalue weighted by molar-refractivity contribution is -0.124. The minimum absolute atomic E-state index is 0.120. The Morgan fingerprint density at radius 3 is 2.52 bits per heavy atom. The first kappa shape index (κ1) is 31.7. The van der Waals surface area contributed by atoms with Gasteiger partial charge in [-0.2, -0.15) is 0 Å². The summed E-state index contributed by atoms with van der Waals surface area (Å²) < 4.78 is 0. The van der Waals surface area contributed by atoms with Crippen LogP contribution in [0.3, 0.4) is 0 Å². The second-order valence-electron chi connectivity index (χ2n) is 14.4. The van der Waals surface area contributed by atoms with Gasteiger partial charge in [0.2, 0.25) is 0 Å². The molecule has 0 heterocycles. The third-order valence-electron chi connectivity index (χ3n) is 11.7. The fraction of sp³-hybridized carbons (Fsp3) is 0.806. The molecule has 0 aromatic carbocycles. The number of unbranched alkanes of at least 4 members (excludes halogenated alkanes) is 5. The summed E-state index contributed by atoms with van der Waals surface area (Å²) in [5, 5.41) is 31.8. The number of aliphatic hydroxyl groups excluding tert-OH is 3. The van der Waals surface area contributed by atoms with Crippen molar-refractivity contribution >= 4 is 5.78 Å². The molecule has 0 radical (unpaired) electrons. The molecule has 4 aliphatic rings. The summed E-state index contributed by atoms with van der Waals surface area (Å²) in [6.45, 7) is 11.0. The lowest BCUT2D eigenvalue weighted by atomic mass is 9.60. The highest BCUT2D eigenvalue weighted by atomic mass is 16.3. The van der Waals surface area contributed by atoms with Gasteiger partial charge in [0.15, 0.2) is 0 Å². The van der Waals surface area contributed by atoms with Crippen LogP contribution in [0.2, 0.25) is 0 Å². The van der Waals surface area contributed by atoms with Crippen LogP contribution in [0.5, 0.6) is 0 Å². The molecule has 7 atom stereocenters. The number of allylic oxidation sites excluding steroid dienone is 3. The maximum Gasteiger partial charge on any atom is 0.139 e. The van der Waals surface area contributed by atoms with Gasteiger partial charge in [-0.15, -0.1) is 0 Å². The van der Waals surface area contributed by atoms with Gasteiger partial charge in [0, 0.05) is 18.3 Å². The van der Waals surface area contributed by atoms with Gasteiger partial charge < -0.3 is 15.3 Å². The van der Waals surface area contributed by atoms with Crippen molar-refractivity contribution in [1.82, 2.24) is 0 Å². The van der Waals surface area contributed by atoms with E-state index in [0.717, 1.165) is 62.5 Å². The second kappa shape index (κ2) is 13.8. The Bertz CT molecular complexity index is 942. The van der Waals surface area contributed by atoms with E-state index in [1.165, 1.54) is 56.9 Å². The normalized spacial score (nSPS) is 35.1. The Labute approximate surface area is 244 Å². The quantitative estimate of drug-likeness (QED) is 0.190. The summed E-state index contributed by atoms with van der Waals surface area (Å²) in [5.41, 5.74) is 3.29. The monoisotopic (exact) mass is 554 g/mol. The lowest BCUT2D eigenvalue weighted by Gasteiger charge is -2.45. The largest absolute Gasteiger partial charge is 0.393 e. The van der Waals surface area contributed by atoms with Crippen LogP contribution in [0, 0.1) is 28.6 Å². The van der Waals surface area contributed by atoms with Crippen molar-refractivity contribution in [3.05, 3.63) is 35.5 Å². The molecule has 0 saturated heterocycles. The number of carbonyl (C=O) groups excluding carboxylic acids is 1. The molecule has 0 aromatic rings. The van der Waals surface area contributed by atoms with E-state index in [2.05, 4.69) is 39.5 Å². The third-order valence-corrected chi connectivity index (χ3v) is 11.7. The minimum atomic E-state index is -0.649. The topological polar surface area (TPSA) is 77.8 Å². The predicted molar refractivity (Wildman–Crippen MR) is 164 cm³/mol. The second-order valence-corrected chi connectivity index (χ2v) is 14.4. The molecule has 0 unspecified atom stereocenters. The third kappa shape index (κ3) is 7.21. The van der Waals surface area contributed by atoms with E-state index in [9.17, 15) is 20.1 Å². The molecule has 0 bridgehead atoms. The fourth-order valence-electron chi connectivity index (χ4n) is 8.71. The van der Waals surface area contributed by atoms with Crippen molar-refractivity contribution < 1.29 is 20.1 Å². The molecule has 4 aliphatic carbocycles. The molecule has 3 N–H and O–H groups in total. The summed E-state index contributed by atoms with van der Waals surface area (Å²) in [5.74, 6) is 1.72. The molecule has 4 nitrogen and oxygen atoms in total. The number of hydrogen-bond acceptors (Lipinski definition) is 4. The summed E-state index contributed by atoms with van der Waals surface area (Å²) in [6, 6.07) is 0. The van der Waals surface area contributed by atoms with Crippen LogP contribution >= 0.6 is 0 Å². The van der Waals surface area contributed by atoms with E-state index < -0.39 is 12.2 Å². The van der Waals surface area contributed by atoms with E-state index in [0.29, 0.717) is 30.5 Å². The molecule has 0 spiro atoms. The van der Waals surface area contributed by atoms with E-state index in [1.54, 1.807) is 0 Å². The standard InChI is InChI=1S/C36H58O4/c1-5-6-7-8-9-10-13-34(40)36(21-22-36)20-18-32(38)26(3)30-16-17-31-27(12-11-19-35(30,31)4)14-15-28-23-29(37)24-33(39)25(28)2/h14-15,26,29-33,37-39H,2,5-13,16-24H2,1,3-4H3/t26-,29+,30+,31-,32-,33-,35+/m0/s1. The van der Waals surface area contributed by atoms with Crippen LogP contribution in [-0.4, -0.2) is 39.4 Å². The average Bonchev–Trinajstić information content (AvgIpc) is 3.64. The van der Waals surface area contributed by atoms with Crippen LogP contribution in [-0.2, 0) is 4.79 Å². The zero-order valence-electron chi connectivity index (χ0n) is 25.8. The van der Waals surface area contributed by atoms with Crippen LogP contribution in [0.15, 0.2) is 35.5 Å². The Balaban J connectivity index is 1.31. The maximum absolute atomic E-state index is 13.0. The van der Waals surface area contributed by atoms with E-state index in [1.807, 2.05) is 0 Å². The van der Waals surface area contributed by atoms with Crippen LogP contribution < -0.4 is 0 Å². The van der Waals surface area contributed by atoms with Gasteiger partial charge in [-0.3, -0.25) is 4.79 Å². The van der Waals surface area contributed by atoms with Crippen LogP contribution in [0.4, 0.5) is 0 Å². The van der Waals surface area contributed by atoms with Gasteiger partial charge >= 0.3 is 0 Å². The first-order valence-electron chi connectivity index (χ1n) is 16.8. The van der Waals surface area contributed by atoms with Crippen molar-refractivity contribution in [3.63, 3.8) is 0 Å². The molecule has 0 aliphatic heterocycles. The van der Waals surface area contributed by atoms with Crippen molar-refractivity contribution in [2.75, 3.05) is 0 Å². The highest BCUT2D eigenvalue weighted by Gasteiger charge is 2.53. The maximum atomic E-state index is 13.0. The first-order chi connectivity index (χ1) is 19.1. The molecule has 4 heteroatoms. The van der Waals surface area contributed by atoms with Crippen LogP contribution in [0.1, 0.15) is 136 Å². The summed E-state index contributed by atoms with van der Waals surface area (Å²) in [4.78, 5) is 13.0. The van der Waals surface area contributed by atoms with Gasteiger partial charge in [0.25, 0.3) is 0 Å². The van der Waals surface area contributed by atoms with Crippen molar-refractivity contribution in [2.45, 2.75) is 155 Å². The first-order valence-corrected chi connectivity index (χ1v) is 16.8. The van der Waals surface area contributed by atoms with Crippen molar-refractivity contribution in [2.24, 2.45) is 28.6 Å². The number of hydrogen-bond donors (Lipinski definition) is 3. The van der Waals surface area contributed by atoms with Crippen molar-refractivity contribution in [1.29, 1.82) is 0 Å². The smallest absolute Gasteiger partial charge is 0.139 e. The SMILES string of the molecule is C=C1C(=CC=C2CCC[C@]3(C)[C@@H]([C@H](C)[C@@H](O)CCC4(C(=O)CCCCCCCC)CC4)CC[C@@H]23)C[C@@H](O)C[C@@H]1O. The highest BCUT2D eigenvalue weighted by Crippen LogP contribution is 2.60. The lowest BCUT2D eigenvalue weighted by Crippen LogP contribution is -2.39. The van der Waals surface area contributed by atoms with Gasteiger partial charge in [-0.1, -0.05) is 77.2 Å². The molecule has 226 valence electrons. The Hall–Kier alpha value is -1.23. The van der Waals surface area contributed by atoms with Crippen LogP contribution in [0.25, 0.3) is 0 Å². The number of aliphatic hydroxyl groups is 3. The average molecular weight is 555 g/mol. The molecule has 4 rings (SSSR count). The number of ketones is 1. The number of fused-ring (bicyclic) bond motifs is 1. The number of rotatable bonds is 14. The van der Waals surface area contributed by atoms with Crippen molar-refractivity contribution in [3.8, 4) is 0 Å². The zero-order valence-corrected chi connectivity index (χ0v) is 25.8. The summed E-state index contributed by atoms with van der Waals surface area (Å²) in [6.07, 6.45) is 21.3. The summed E-state index contributed by atoms with van der Waals surface area (Å²) in [7, 11) is 0. The molecule has 0 amide bonds. The number of Topliss-reactive ketones (excluding diaryl/α,β-unsaturated/α-hetero) is 1. The highest BCUT2D eigenvalue weighted by molar-refractivity contribution is 5.87. The van der Waals surface area contributed by atoms with Gasteiger partial charge in [0.05, 0.1) is 18.3 Å². The van der Waals surface area contributed by atoms with E-state index >= 15 is 0 Å². The Morgan fingerprint density at radius 2 is 1.80 bits per heavy atom. The zero-order chi connectivity index (χ0) is 28.9. The minimum Gasteiger partial charge on any atom is -0.393 e. The van der Waals surface area contributed by atoms with E-state index in [4.69, 9.17) is 0 Å².